The first-order valence-corrected chi connectivity index (χ1v) is 13.5. The van der Waals surface area contributed by atoms with E-state index in [4.69, 9.17) is 0 Å². The SMILES string of the molecule is Cc1ccc(-n2c3ccccc3c3cc(-c4ccc5c6ccccc6n(-c6ccccc6)c5c4)ccc32)cc1. The van der Waals surface area contributed by atoms with Gasteiger partial charge in [0.1, 0.15) is 0 Å². The molecule has 0 fully saturated rings. The largest absolute Gasteiger partial charge is 0.309 e. The van der Waals surface area contributed by atoms with Crippen molar-refractivity contribution in [3.05, 3.63) is 145 Å². The summed E-state index contributed by atoms with van der Waals surface area (Å²) < 4.78 is 4.76. The third-order valence-corrected chi connectivity index (χ3v) is 7.99. The lowest BCUT2D eigenvalue weighted by Crippen LogP contribution is -1.94. The maximum atomic E-state index is 2.38. The van der Waals surface area contributed by atoms with Crippen molar-refractivity contribution in [2.45, 2.75) is 6.92 Å². The molecule has 0 N–H and O–H groups in total. The van der Waals surface area contributed by atoms with Crippen molar-refractivity contribution in [2.24, 2.45) is 0 Å². The Kier molecular flexibility index (Phi) is 4.77. The van der Waals surface area contributed by atoms with Crippen molar-refractivity contribution in [2.75, 3.05) is 0 Å². The van der Waals surface area contributed by atoms with Crippen LogP contribution in [0.2, 0.25) is 0 Å². The Balaban J connectivity index is 1.37. The minimum absolute atomic E-state index is 1.18. The zero-order chi connectivity index (χ0) is 25.9. The molecule has 0 aliphatic rings. The fraction of sp³-hybridized carbons (Fsp3) is 0.0270. The number of hydrogen-bond donors (Lipinski definition) is 0. The Labute approximate surface area is 227 Å². The lowest BCUT2D eigenvalue weighted by molar-refractivity contribution is 1.17. The molecule has 0 aliphatic heterocycles. The molecule has 0 radical (unpaired) electrons. The van der Waals surface area contributed by atoms with E-state index in [-0.39, 0.29) is 0 Å². The molecule has 0 amide bonds. The van der Waals surface area contributed by atoms with Gasteiger partial charge in [-0.1, -0.05) is 90.5 Å². The molecule has 184 valence electrons. The minimum atomic E-state index is 1.18. The lowest BCUT2D eigenvalue weighted by atomic mass is 10.0. The summed E-state index contributed by atoms with van der Waals surface area (Å²) in [6.07, 6.45) is 0. The van der Waals surface area contributed by atoms with Gasteiger partial charge < -0.3 is 9.13 Å². The Bertz CT molecular complexity index is 2160. The summed E-state index contributed by atoms with van der Waals surface area (Å²) in [6.45, 7) is 2.13. The van der Waals surface area contributed by atoms with Gasteiger partial charge in [-0.2, -0.15) is 0 Å². The second kappa shape index (κ2) is 8.47. The molecular weight excluding hydrogens is 472 g/mol. The maximum absolute atomic E-state index is 2.38. The number of hydrogen-bond acceptors (Lipinski definition) is 0. The zero-order valence-electron chi connectivity index (χ0n) is 21.7. The first-order valence-electron chi connectivity index (χ1n) is 13.5. The molecule has 8 aromatic rings. The van der Waals surface area contributed by atoms with Crippen LogP contribution >= 0.6 is 0 Å². The predicted molar refractivity (Wildman–Crippen MR) is 165 cm³/mol. The second-order valence-corrected chi connectivity index (χ2v) is 10.3. The van der Waals surface area contributed by atoms with E-state index in [0.717, 1.165) is 0 Å². The normalized spacial score (nSPS) is 11.7. The second-order valence-electron chi connectivity index (χ2n) is 10.3. The van der Waals surface area contributed by atoms with Crippen LogP contribution < -0.4 is 0 Å². The Morgan fingerprint density at radius 1 is 0.359 bits per heavy atom. The van der Waals surface area contributed by atoms with E-state index >= 15 is 0 Å². The summed E-state index contributed by atoms with van der Waals surface area (Å²) in [4.78, 5) is 0. The summed E-state index contributed by atoms with van der Waals surface area (Å²) in [5, 5.41) is 5.09. The van der Waals surface area contributed by atoms with Crippen LogP contribution in [0.15, 0.2) is 140 Å². The fourth-order valence-electron chi connectivity index (χ4n) is 6.13. The number of fused-ring (bicyclic) bond motifs is 6. The van der Waals surface area contributed by atoms with E-state index in [1.54, 1.807) is 0 Å². The summed E-state index contributed by atoms with van der Waals surface area (Å²) in [7, 11) is 0. The van der Waals surface area contributed by atoms with E-state index in [1.165, 1.54) is 71.7 Å². The average molecular weight is 499 g/mol. The van der Waals surface area contributed by atoms with E-state index in [2.05, 4.69) is 156 Å². The highest BCUT2D eigenvalue weighted by Gasteiger charge is 2.15. The van der Waals surface area contributed by atoms with Gasteiger partial charge in [0.05, 0.1) is 22.1 Å². The van der Waals surface area contributed by atoms with Crippen LogP contribution in [0.4, 0.5) is 0 Å². The molecule has 39 heavy (non-hydrogen) atoms. The third kappa shape index (κ3) is 3.35. The van der Waals surface area contributed by atoms with Crippen LogP contribution in [-0.4, -0.2) is 9.13 Å². The van der Waals surface area contributed by atoms with E-state index in [1.807, 2.05) is 0 Å². The molecule has 2 heterocycles. The van der Waals surface area contributed by atoms with Gasteiger partial charge in [-0.25, -0.2) is 0 Å². The third-order valence-electron chi connectivity index (χ3n) is 7.99. The van der Waals surface area contributed by atoms with Gasteiger partial charge in [0, 0.05) is 32.9 Å². The van der Waals surface area contributed by atoms with E-state index in [9.17, 15) is 0 Å². The quantitative estimate of drug-likeness (QED) is 0.229. The molecule has 0 saturated heterocycles. The Hall–Kier alpha value is -5.08. The van der Waals surface area contributed by atoms with Gasteiger partial charge >= 0.3 is 0 Å². The molecule has 0 saturated carbocycles. The van der Waals surface area contributed by atoms with Gasteiger partial charge in [-0.15, -0.1) is 0 Å². The molecule has 0 spiro atoms. The standard InChI is InChI=1S/C37H26N2/c1-25-15-19-29(20-16-25)38-35-14-8-6-12-31(35)33-23-26(18-22-36(33)38)27-17-21-32-30-11-5-7-13-34(30)39(37(32)24-27)28-9-3-2-4-10-28/h2-24H,1H3. The molecule has 0 unspecified atom stereocenters. The van der Waals surface area contributed by atoms with Crippen LogP contribution in [0.1, 0.15) is 5.56 Å². The fourth-order valence-corrected chi connectivity index (χ4v) is 6.13. The van der Waals surface area contributed by atoms with Gasteiger partial charge in [0.25, 0.3) is 0 Å². The van der Waals surface area contributed by atoms with E-state index in [0.29, 0.717) is 0 Å². The average Bonchev–Trinajstić information content (AvgIpc) is 3.50. The van der Waals surface area contributed by atoms with Crippen LogP contribution in [0.25, 0.3) is 66.1 Å². The van der Waals surface area contributed by atoms with Crippen molar-refractivity contribution in [3.8, 4) is 22.5 Å². The smallest absolute Gasteiger partial charge is 0.0547 e. The van der Waals surface area contributed by atoms with Gasteiger partial charge in [-0.3, -0.25) is 0 Å². The predicted octanol–water partition coefficient (Wildman–Crippen LogP) is 9.86. The molecule has 2 nitrogen and oxygen atoms in total. The molecule has 8 rings (SSSR count). The van der Waals surface area contributed by atoms with Crippen molar-refractivity contribution in [3.63, 3.8) is 0 Å². The molecule has 6 aromatic carbocycles. The number of benzene rings is 6. The number of aromatic nitrogens is 2. The van der Waals surface area contributed by atoms with Crippen LogP contribution in [0.5, 0.6) is 0 Å². The van der Waals surface area contributed by atoms with Crippen LogP contribution in [0.3, 0.4) is 0 Å². The Morgan fingerprint density at radius 2 is 0.872 bits per heavy atom. The first kappa shape index (κ1) is 22.0. The molecule has 2 aromatic heterocycles. The number of nitrogens with zero attached hydrogens (tertiary/aromatic N) is 2. The molecule has 2 heteroatoms. The van der Waals surface area contributed by atoms with Gasteiger partial charge in [0.2, 0.25) is 0 Å². The summed E-state index contributed by atoms with van der Waals surface area (Å²) in [6, 6.07) is 50.7. The molecular formula is C37H26N2. The van der Waals surface area contributed by atoms with Crippen LogP contribution in [0, 0.1) is 6.92 Å². The van der Waals surface area contributed by atoms with Crippen molar-refractivity contribution < 1.29 is 0 Å². The first-order chi connectivity index (χ1) is 19.3. The highest BCUT2D eigenvalue weighted by Crippen LogP contribution is 2.38. The minimum Gasteiger partial charge on any atom is -0.309 e. The highest BCUT2D eigenvalue weighted by molar-refractivity contribution is 6.12. The number of para-hydroxylation sites is 3. The zero-order valence-corrected chi connectivity index (χ0v) is 21.7. The Morgan fingerprint density at radius 3 is 1.62 bits per heavy atom. The van der Waals surface area contributed by atoms with Crippen molar-refractivity contribution in [1.82, 2.24) is 9.13 Å². The molecule has 0 bridgehead atoms. The molecule has 0 atom stereocenters. The number of rotatable bonds is 3. The summed E-state index contributed by atoms with van der Waals surface area (Å²) >= 11 is 0. The lowest BCUT2D eigenvalue weighted by Gasteiger charge is -2.10. The topological polar surface area (TPSA) is 9.86 Å². The number of aryl methyl sites for hydroxylation is 1. The van der Waals surface area contributed by atoms with Crippen LogP contribution in [-0.2, 0) is 0 Å². The molecule has 0 aliphatic carbocycles. The van der Waals surface area contributed by atoms with Gasteiger partial charge in [-0.05, 0) is 72.6 Å². The van der Waals surface area contributed by atoms with E-state index < -0.39 is 0 Å². The van der Waals surface area contributed by atoms with Crippen molar-refractivity contribution >= 4 is 43.6 Å². The monoisotopic (exact) mass is 498 g/mol. The van der Waals surface area contributed by atoms with Gasteiger partial charge in [0.15, 0.2) is 0 Å². The summed E-state index contributed by atoms with van der Waals surface area (Å²) in [5.74, 6) is 0. The summed E-state index contributed by atoms with van der Waals surface area (Å²) in [5.41, 5.74) is 11.0. The maximum Gasteiger partial charge on any atom is 0.0547 e. The highest BCUT2D eigenvalue weighted by atomic mass is 15.0. The van der Waals surface area contributed by atoms with Crippen molar-refractivity contribution in [1.29, 1.82) is 0 Å².